The Kier molecular flexibility index (Phi) is 4.04. The molecule has 20 heavy (non-hydrogen) atoms. The summed E-state index contributed by atoms with van der Waals surface area (Å²) >= 11 is 0. The minimum atomic E-state index is -3.13. The summed E-state index contributed by atoms with van der Waals surface area (Å²) in [6.07, 6.45) is 7.03. The minimum Gasteiger partial charge on any atom is -0.353 e. The smallest absolute Gasteiger partial charge is 0.220 e. The van der Waals surface area contributed by atoms with E-state index in [0.29, 0.717) is 25.4 Å². The van der Waals surface area contributed by atoms with Gasteiger partial charge in [-0.1, -0.05) is 19.3 Å². The first-order chi connectivity index (χ1) is 9.57. The number of hydrogen-bond acceptors (Lipinski definition) is 3. The molecule has 2 unspecified atom stereocenters. The van der Waals surface area contributed by atoms with E-state index in [4.69, 9.17) is 0 Å². The molecule has 3 aliphatic rings. The summed E-state index contributed by atoms with van der Waals surface area (Å²) in [4.78, 5) is 11.4. The van der Waals surface area contributed by atoms with Crippen molar-refractivity contribution < 1.29 is 13.2 Å². The molecule has 2 saturated heterocycles. The molecule has 2 aliphatic heterocycles. The highest BCUT2D eigenvalue weighted by Crippen LogP contribution is 2.31. The zero-order chi connectivity index (χ0) is 14.2. The number of carbonyl (C=O) groups is 1. The fourth-order valence-corrected chi connectivity index (χ4v) is 5.99. The predicted octanol–water partition coefficient (Wildman–Crippen LogP) is 1.25. The van der Waals surface area contributed by atoms with Crippen molar-refractivity contribution in [3.8, 4) is 0 Å². The fourth-order valence-electron chi connectivity index (χ4n) is 3.88. The maximum absolute atomic E-state index is 12.7. The molecule has 3 rings (SSSR count). The van der Waals surface area contributed by atoms with Crippen molar-refractivity contribution in [1.82, 2.24) is 9.62 Å². The van der Waals surface area contributed by atoms with Crippen molar-refractivity contribution in [3.63, 3.8) is 0 Å². The Morgan fingerprint density at radius 3 is 2.55 bits per heavy atom. The molecule has 114 valence electrons. The van der Waals surface area contributed by atoms with Gasteiger partial charge in [0, 0.05) is 25.6 Å². The standard InChI is InChI=1S/C14H24N2O3S/c17-14-7-6-11-10-16(9-8-13(11)15-14)20(18,19)12-4-2-1-3-5-12/h11-13H,1-10H2,(H,15,17). The number of rotatable bonds is 2. The van der Waals surface area contributed by atoms with Crippen molar-refractivity contribution in [3.05, 3.63) is 0 Å². The SMILES string of the molecule is O=C1CCC2CN(S(=O)(=O)C3CCCCC3)CCC2N1. The molecule has 0 radical (unpaired) electrons. The average Bonchev–Trinajstić information content (AvgIpc) is 2.47. The Morgan fingerprint density at radius 2 is 1.80 bits per heavy atom. The lowest BCUT2D eigenvalue weighted by atomic mass is 9.86. The van der Waals surface area contributed by atoms with Crippen LogP contribution in [0.15, 0.2) is 0 Å². The summed E-state index contributed by atoms with van der Waals surface area (Å²) in [6.45, 7) is 1.17. The van der Waals surface area contributed by atoms with Crippen LogP contribution < -0.4 is 5.32 Å². The first kappa shape index (κ1) is 14.3. The van der Waals surface area contributed by atoms with Gasteiger partial charge >= 0.3 is 0 Å². The van der Waals surface area contributed by atoms with Crippen LogP contribution in [0.1, 0.15) is 51.4 Å². The quantitative estimate of drug-likeness (QED) is 0.834. The molecule has 0 bridgehead atoms. The van der Waals surface area contributed by atoms with Gasteiger partial charge in [0.25, 0.3) is 0 Å². The van der Waals surface area contributed by atoms with Crippen LogP contribution in [0.2, 0.25) is 0 Å². The first-order valence-corrected chi connectivity index (χ1v) is 9.36. The Labute approximate surface area is 121 Å². The molecule has 2 atom stereocenters. The number of nitrogens with one attached hydrogen (secondary N) is 1. The number of hydrogen-bond donors (Lipinski definition) is 1. The maximum atomic E-state index is 12.7. The maximum Gasteiger partial charge on any atom is 0.220 e. The van der Waals surface area contributed by atoms with Crippen molar-refractivity contribution in [2.75, 3.05) is 13.1 Å². The highest BCUT2D eigenvalue weighted by atomic mass is 32.2. The third kappa shape index (κ3) is 2.72. The number of amides is 1. The topological polar surface area (TPSA) is 66.5 Å². The molecule has 0 aromatic rings. The van der Waals surface area contributed by atoms with Crippen molar-refractivity contribution in [2.45, 2.75) is 62.7 Å². The summed E-state index contributed by atoms with van der Waals surface area (Å²) in [5.74, 6) is 0.426. The highest BCUT2D eigenvalue weighted by molar-refractivity contribution is 7.89. The molecule has 0 spiro atoms. The Morgan fingerprint density at radius 1 is 1.05 bits per heavy atom. The van der Waals surface area contributed by atoms with Crippen molar-refractivity contribution in [2.24, 2.45) is 5.92 Å². The third-order valence-corrected chi connectivity index (χ3v) is 7.48. The molecular formula is C14H24N2O3S. The van der Waals surface area contributed by atoms with E-state index >= 15 is 0 Å². The van der Waals surface area contributed by atoms with E-state index in [2.05, 4.69) is 5.32 Å². The average molecular weight is 300 g/mol. The second-order valence-electron chi connectivity index (χ2n) is 6.42. The van der Waals surface area contributed by atoms with Gasteiger partial charge in [0.15, 0.2) is 0 Å². The summed E-state index contributed by atoms with van der Waals surface area (Å²) in [7, 11) is -3.13. The highest BCUT2D eigenvalue weighted by Gasteiger charge is 2.40. The minimum absolute atomic E-state index is 0.120. The van der Waals surface area contributed by atoms with Gasteiger partial charge < -0.3 is 5.32 Å². The second kappa shape index (κ2) is 5.64. The van der Waals surface area contributed by atoms with E-state index in [1.54, 1.807) is 4.31 Å². The fraction of sp³-hybridized carbons (Fsp3) is 0.929. The first-order valence-electron chi connectivity index (χ1n) is 7.85. The van der Waals surface area contributed by atoms with Crippen LogP contribution in [0.5, 0.6) is 0 Å². The zero-order valence-electron chi connectivity index (χ0n) is 11.9. The summed E-state index contributed by atoms with van der Waals surface area (Å²) in [5.41, 5.74) is 0. The van der Waals surface area contributed by atoms with E-state index in [9.17, 15) is 13.2 Å². The van der Waals surface area contributed by atoms with Crippen molar-refractivity contribution in [1.29, 1.82) is 0 Å². The molecule has 6 heteroatoms. The van der Waals surface area contributed by atoms with Gasteiger partial charge in [-0.05, 0) is 31.6 Å². The van der Waals surface area contributed by atoms with E-state index in [1.807, 2.05) is 0 Å². The Bertz CT molecular complexity index is 471. The largest absolute Gasteiger partial charge is 0.353 e. The van der Waals surface area contributed by atoms with Crippen molar-refractivity contribution >= 4 is 15.9 Å². The van der Waals surface area contributed by atoms with Gasteiger partial charge in [-0.2, -0.15) is 0 Å². The number of nitrogens with zero attached hydrogens (tertiary/aromatic N) is 1. The van der Waals surface area contributed by atoms with Crippen LogP contribution in [-0.2, 0) is 14.8 Å². The van der Waals surface area contributed by atoms with Gasteiger partial charge in [0.2, 0.25) is 15.9 Å². The molecule has 0 aromatic carbocycles. The van der Waals surface area contributed by atoms with Crippen LogP contribution in [0.3, 0.4) is 0 Å². The molecule has 1 N–H and O–H groups in total. The monoisotopic (exact) mass is 300 g/mol. The van der Waals surface area contributed by atoms with E-state index in [0.717, 1.165) is 38.5 Å². The number of fused-ring (bicyclic) bond motifs is 1. The van der Waals surface area contributed by atoms with Crippen LogP contribution >= 0.6 is 0 Å². The van der Waals surface area contributed by atoms with Gasteiger partial charge in [0.1, 0.15) is 0 Å². The van der Waals surface area contributed by atoms with E-state index < -0.39 is 10.0 Å². The number of sulfonamides is 1. The van der Waals surface area contributed by atoms with Gasteiger partial charge in [-0.25, -0.2) is 12.7 Å². The molecule has 1 saturated carbocycles. The van der Waals surface area contributed by atoms with Gasteiger partial charge in [-0.15, -0.1) is 0 Å². The summed E-state index contributed by atoms with van der Waals surface area (Å²) in [6, 6.07) is 0.189. The Balaban J connectivity index is 1.67. The lowest BCUT2D eigenvalue weighted by Gasteiger charge is -2.42. The number of piperidine rings is 2. The number of carbonyl (C=O) groups excluding carboxylic acids is 1. The van der Waals surface area contributed by atoms with E-state index in [-0.39, 0.29) is 17.2 Å². The van der Waals surface area contributed by atoms with Crippen LogP contribution in [0.25, 0.3) is 0 Å². The lowest BCUT2D eigenvalue weighted by molar-refractivity contribution is -0.124. The van der Waals surface area contributed by atoms with Crippen LogP contribution in [0, 0.1) is 5.92 Å². The van der Waals surface area contributed by atoms with Crippen LogP contribution in [0.4, 0.5) is 0 Å². The third-order valence-electron chi connectivity index (χ3n) is 5.12. The summed E-state index contributed by atoms with van der Waals surface area (Å²) in [5, 5.41) is 2.85. The van der Waals surface area contributed by atoms with Gasteiger partial charge in [-0.3, -0.25) is 4.79 Å². The molecule has 1 aliphatic carbocycles. The summed E-state index contributed by atoms with van der Waals surface area (Å²) < 4.78 is 27.1. The molecular weight excluding hydrogens is 276 g/mol. The van der Waals surface area contributed by atoms with Gasteiger partial charge in [0.05, 0.1) is 5.25 Å². The Hall–Kier alpha value is -0.620. The predicted molar refractivity (Wildman–Crippen MR) is 76.6 cm³/mol. The van der Waals surface area contributed by atoms with E-state index in [1.165, 1.54) is 6.42 Å². The normalized spacial score (nSPS) is 33.5. The molecule has 0 aromatic heterocycles. The zero-order valence-corrected chi connectivity index (χ0v) is 12.7. The molecule has 5 nitrogen and oxygen atoms in total. The second-order valence-corrected chi connectivity index (χ2v) is 8.64. The molecule has 1 amide bonds. The molecule has 3 fully saturated rings. The van der Waals surface area contributed by atoms with Crippen LogP contribution in [-0.4, -0.2) is 43.0 Å². The lowest BCUT2D eigenvalue weighted by Crippen LogP contribution is -2.56. The molecule has 2 heterocycles.